The summed E-state index contributed by atoms with van der Waals surface area (Å²) >= 11 is 0. The fourth-order valence-electron chi connectivity index (χ4n) is 4.62. The summed E-state index contributed by atoms with van der Waals surface area (Å²) in [7, 11) is 0. The molecule has 2 amide bonds. The first-order chi connectivity index (χ1) is 14.5. The Kier molecular flexibility index (Phi) is 4.53. The van der Waals surface area contributed by atoms with Gasteiger partial charge in [-0.3, -0.25) is 9.59 Å². The van der Waals surface area contributed by atoms with Gasteiger partial charge in [0.2, 0.25) is 11.8 Å². The van der Waals surface area contributed by atoms with Gasteiger partial charge in [0.1, 0.15) is 11.6 Å². The molecule has 2 atom stereocenters. The summed E-state index contributed by atoms with van der Waals surface area (Å²) in [4.78, 5) is 37.2. The van der Waals surface area contributed by atoms with E-state index in [1.807, 2.05) is 29.2 Å². The third kappa shape index (κ3) is 3.14. The quantitative estimate of drug-likeness (QED) is 0.721. The van der Waals surface area contributed by atoms with Crippen molar-refractivity contribution in [1.29, 1.82) is 0 Å². The van der Waals surface area contributed by atoms with Crippen LogP contribution in [0.15, 0.2) is 42.5 Å². The van der Waals surface area contributed by atoms with Gasteiger partial charge in [-0.2, -0.15) is 0 Å². The summed E-state index contributed by atoms with van der Waals surface area (Å²) in [6, 6.07) is 12.5. The zero-order valence-corrected chi connectivity index (χ0v) is 16.8. The number of nitrogens with zero attached hydrogens (tertiary/aromatic N) is 3. The van der Waals surface area contributed by atoms with E-state index in [0.717, 1.165) is 35.3 Å². The average Bonchev–Trinajstić information content (AvgIpc) is 3.45. The number of nitrogens with one attached hydrogen (secondary N) is 1. The van der Waals surface area contributed by atoms with Crippen molar-refractivity contribution in [2.45, 2.75) is 32.2 Å². The van der Waals surface area contributed by atoms with Crippen molar-refractivity contribution in [3.8, 4) is 0 Å². The minimum absolute atomic E-state index is 0.0543. The van der Waals surface area contributed by atoms with E-state index in [-0.39, 0.29) is 36.5 Å². The minimum Gasteiger partial charge on any atom is -0.340 e. The zero-order chi connectivity index (χ0) is 20.8. The van der Waals surface area contributed by atoms with Crippen molar-refractivity contribution in [3.05, 3.63) is 59.7 Å². The molecule has 2 aliphatic rings. The van der Waals surface area contributed by atoms with Crippen molar-refractivity contribution in [3.63, 3.8) is 0 Å². The number of H-pyrrole nitrogens is 1. The molecule has 6 nitrogen and oxygen atoms in total. The number of hydrogen-bond donors (Lipinski definition) is 1. The number of anilines is 1. The van der Waals surface area contributed by atoms with Crippen LogP contribution >= 0.6 is 0 Å². The molecule has 5 rings (SSSR count). The van der Waals surface area contributed by atoms with Crippen molar-refractivity contribution >= 4 is 28.5 Å². The molecule has 0 radical (unpaired) electrons. The number of aromatic amines is 1. The van der Waals surface area contributed by atoms with Crippen LogP contribution in [0.2, 0.25) is 0 Å². The second-order valence-corrected chi connectivity index (χ2v) is 8.19. The molecule has 2 saturated heterocycles. The second-order valence-electron chi connectivity index (χ2n) is 8.19. The fourth-order valence-corrected chi connectivity index (χ4v) is 4.62. The molecule has 0 aliphatic carbocycles. The maximum Gasteiger partial charge on any atom is 0.228 e. The number of carbonyl (C=O) groups is 2. The van der Waals surface area contributed by atoms with E-state index in [1.54, 1.807) is 19.1 Å². The number of fused-ring (bicyclic) bond motifs is 1. The van der Waals surface area contributed by atoms with Gasteiger partial charge < -0.3 is 14.8 Å². The van der Waals surface area contributed by atoms with Gasteiger partial charge >= 0.3 is 0 Å². The van der Waals surface area contributed by atoms with Crippen molar-refractivity contribution in [2.24, 2.45) is 5.92 Å². The number of carbonyl (C=O) groups excluding carboxylic acids is 2. The normalized spacial score (nSPS) is 21.7. The number of benzene rings is 2. The molecule has 3 aromatic rings. The maximum atomic E-state index is 14.4. The fraction of sp³-hybridized carbons (Fsp3) is 0.348. The van der Waals surface area contributed by atoms with Crippen LogP contribution in [0.1, 0.15) is 36.7 Å². The summed E-state index contributed by atoms with van der Waals surface area (Å²) in [5.74, 6) is -0.384. The molecule has 0 saturated carbocycles. The number of halogens is 1. The van der Waals surface area contributed by atoms with Crippen LogP contribution in [0, 0.1) is 18.7 Å². The van der Waals surface area contributed by atoms with Gasteiger partial charge in [-0.25, -0.2) is 9.37 Å². The third-order valence-electron chi connectivity index (χ3n) is 6.13. The van der Waals surface area contributed by atoms with Crippen LogP contribution < -0.4 is 4.90 Å². The van der Waals surface area contributed by atoms with Crippen LogP contribution in [0.4, 0.5) is 10.1 Å². The van der Waals surface area contributed by atoms with Crippen LogP contribution in [0.3, 0.4) is 0 Å². The molecule has 2 aliphatic heterocycles. The molecule has 3 heterocycles. The largest absolute Gasteiger partial charge is 0.340 e. The molecule has 2 fully saturated rings. The Hall–Kier alpha value is -3.22. The molecule has 1 aromatic heterocycles. The van der Waals surface area contributed by atoms with Crippen molar-refractivity contribution < 1.29 is 14.0 Å². The predicted molar refractivity (Wildman–Crippen MR) is 111 cm³/mol. The Morgan fingerprint density at radius 2 is 2.07 bits per heavy atom. The smallest absolute Gasteiger partial charge is 0.228 e. The Labute approximate surface area is 173 Å². The van der Waals surface area contributed by atoms with Crippen LogP contribution in [0.25, 0.3) is 11.0 Å². The summed E-state index contributed by atoms with van der Waals surface area (Å²) in [5, 5.41) is 0. The molecule has 0 spiro atoms. The lowest BCUT2D eigenvalue weighted by molar-refractivity contribution is -0.136. The molecular formula is C23H23FN4O2. The predicted octanol–water partition coefficient (Wildman–Crippen LogP) is 3.73. The summed E-state index contributed by atoms with van der Waals surface area (Å²) in [6.07, 6.45) is 1.84. The Balaban J connectivity index is 1.36. The first-order valence-electron chi connectivity index (χ1n) is 10.3. The van der Waals surface area contributed by atoms with Gasteiger partial charge in [0, 0.05) is 19.5 Å². The van der Waals surface area contributed by atoms with Gasteiger partial charge in [-0.05, 0) is 49.6 Å². The average molecular weight is 406 g/mol. The zero-order valence-electron chi connectivity index (χ0n) is 16.8. The lowest BCUT2D eigenvalue weighted by Crippen LogP contribution is -2.37. The van der Waals surface area contributed by atoms with E-state index in [2.05, 4.69) is 9.97 Å². The van der Waals surface area contributed by atoms with Crippen LogP contribution in [-0.4, -0.2) is 39.8 Å². The standard InChI is InChI=1S/C23H23FN4O2/c1-14-8-9-19(16(24)11-14)28-13-15(12-21(28)29)23(30)27-10-4-7-20(27)22-25-17-5-2-3-6-18(17)26-22/h2-3,5-6,8-9,11,15,20H,4,7,10,12-13H2,1H3,(H,25,26). The summed E-state index contributed by atoms with van der Waals surface area (Å²) in [6.45, 7) is 2.65. The number of rotatable bonds is 3. The number of aryl methyl sites for hydroxylation is 1. The molecule has 154 valence electrons. The lowest BCUT2D eigenvalue weighted by atomic mass is 10.1. The SMILES string of the molecule is Cc1ccc(N2CC(C(=O)N3CCCC3c3nc4ccccc4[nH]3)CC2=O)c(F)c1. The molecule has 7 heteroatoms. The molecule has 1 N–H and O–H groups in total. The van der Waals surface area contributed by atoms with Gasteiger partial charge in [-0.15, -0.1) is 0 Å². The topological polar surface area (TPSA) is 69.3 Å². The minimum atomic E-state index is -0.469. The van der Waals surface area contributed by atoms with E-state index in [9.17, 15) is 14.0 Å². The van der Waals surface area contributed by atoms with E-state index >= 15 is 0 Å². The second kappa shape index (κ2) is 7.23. The maximum absolute atomic E-state index is 14.4. The third-order valence-corrected chi connectivity index (χ3v) is 6.13. The lowest BCUT2D eigenvalue weighted by Gasteiger charge is -2.26. The first kappa shape index (κ1) is 18.8. The number of para-hydroxylation sites is 2. The molecule has 0 bridgehead atoms. The summed E-state index contributed by atoms with van der Waals surface area (Å²) < 4.78 is 14.4. The highest BCUT2D eigenvalue weighted by Gasteiger charge is 2.41. The van der Waals surface area contributed by atoms with Crippen molar-refractivity contribution in [2.75, 3.05) is 18.0 Å². The van der Waals surface area contributed by atoms with Gasteiger partial charge in [-0.1, -0.05) is 18.2 Å². The number of hydrogen-bond acceptors (Lipinski definition) is 3. The molecule has 2 aromatic carbocycles. The molecule has 30 heavy (non-hydrogen) atoms. The molecule has 2 unspecified atom stereocenters. The van der Waals surface area contributed by atoms with E-state index in [4.69, 9.17) is 0 Å². The molecular weight excluding hydrogens is 383 g/mol. The van der Waals surface area contributed by atoms with E-state index < -0.39 is 11.7 Å². The highest BCUT2D eigenvalue weighted by atomic mass is 19.1. The van der Waals surface area contributed by atoms with Gasteiger partial charge in [0.05, 0.1) is 28.7 Å². The number of amides is 2. The van der Waals surface area contributed by atoms with E-state index in [1.165, 1.54) is 11.0 Å². The Morgan fingerprint density at radius 3 is 2.87 bits per heavy atom. The number of imidazole rings is 1. The Bertz CT molecular complexity index is 1110. The summed E-state index contributed by atoms with van der Waals surface area (Å²) in [5.41, 5.74) is 2.87. The highest BCUT2D eigenvalue weighted by Crippen LogP contribution is 2.35. The van der Waals surface area contributed by atoms with E-state index in [0.29, 0.717) is 6.54 Å². The first-order valence-corrected chi connectivity index (χ1v) is 10.3. The van der Waals surface area contributed by atoms with Gasteiger partial charge in [0.15, 0.2) is 0 Å². The number of likely N-dealkylation sites (tertiary alicyclic amines) is 1. The Morgan fingerprint density at radius 1 is 1.23 bits per heavy atom. The number of aromatic nitrogens is 2. The van der Waals surface area contributed by atoms with Crippen molar-refractivity contribution in [1.82, 2.24) is 14.9 Å². The highest BCUT2D eigenvalue weighted by molar-refractivity contribution is 6.00. The van der Waals surface area contributed by atoms with Crippen LogP contribution in [-0.2, 0) is 9.59 Å². The monoisotopic (exact) mass is 406 g/mol. The van der Waals surface area contributed by atoms with Crippen LogP contribution in [0.5, 0.6) is 0 Å². The van der Waals surface area contributed by atoms with Gasteiger partial charge in [0.25, 0.3) is 0 Å².